The second kappa shape index (κ2) is 10.2. The first-order chi connectivity index (χ1) is 19.6. The van der Waals surface area contributed by atoms with Gasteiger partial charge in [0.05, 0.1) is 29.6 Å². The van der Waals surface area contributed by atoms with E-state index in [-0.39, 0.29) is 11.2 Å². The third-order valence-corrected chi connectivity index (χ3v) is 9.23. The molecule has 0 unspecified atom stereocenters. The number of hydrogen-bond donors (Lipinski definition) is 1. The molecule has 1 aromatic carbocycles. The summed E-state index contributed by atoms with van der Waals surface area (Å²) in [5.74, 6) is 2.67. The molecule has 1 saturated heterocycles. The van der Waals surface area contributed by atoms with Crippen LogP contribution in [0.2, 0.25) is 0 Å². The highest BCUT2D eigenvalue weighted by atomic mass is 32.1. The fourth-order valence-electron chi connectivity index (χ4n) is 6.14. The molecule has 204 valence electrons. The maximum absolute atomic E-state index is 13.4. The molecule has 40 heavy (non-hydrogen) atoms. The average molecular weight is 556 g/mol. The van der Waals surface area contributed by atoms with Crippen molar-refractivity contribution in [2.24, 2.45) is 5.92 Å². The normalized spacial score (nSPS) is 18.5. The highest BCUT2D eigenvalue weighted by Gasteiger charge is 2.40. The van der Waals surface area contributed by atoms with E-state index in [0.717, 1.165) is 66.5 Å². The number of aromatic nitrogens is 4. The van der Waals surface area contributed by atoms with E-state index in [0.29, 0.717) is 34.1 Å². The van der Waals surface area contributed by atoms with Gasteiger partial charge in [-0.05, 0) is 55.8 Å². The van der Waals surface area contributed by atoms with E-state index in [9.17, 15) is 9.59 Å². The van der Waals surface area contributed by atoms with Gasteiger partial charge in [-0.1, -0.05) is 6.07 Å². The van der Waals surface area contributed by atoms with Crippen LogP contribution in [0.3, 0.4) is 0 Å². The number of ether oxygens (including phenoxy) is 2. The molecule has 1 fully saturated rings. The van der Waals surface area contributed by atoms with Crippen LogP contribution in [0, 0.1) is 5.92 Å². The Morgan fingerprint density at radius 1 is 1.10 bits per heavy atom. The molecule has 4 aromatic heterocycles. The van der Waals surface area contributed by atoms with Crippen molar-refractivity contribution >= 4 is 31.8 Å². The summed E-state index contributed by atoms with van der Waals surface area (Å²) in [5.41, 5.74) is 3.32. The monoisotopic (exact) mass is 555 g/mol. The lowest BCUT2D eigenvalue weighted by atomic mass is 9.86. The Morgan fingerprint density at radius 3 is 2.85 bits per heavy atom. The van der Waals surface area contributed by atoms with Crippen LogP contribution in [0.4, 0.5) is 0 Å². The van der Waals surface area contributed by atoms with Crippen LogP contribution in [-0.4, -0.2) is 57.8 Å². The number of nitrogens with one attached hydrogen (secondary N) is 1. The van der Waals surface area contributed by atoms with E-state index in [1.807, 2.05) is 42.5 Å². The number of thiophene rings is 1. The van der Waals surface area contributed by atoms with Crippen LogP contribution >= 0.6 is 11.3 Å². The van der Waals surface area contributed by atoms with Gasteiger partial charge in [-0.3, -0.25) is 14.3 Å². The summed E-state index contributed by atoms with van der Waals surface area (Å²) in [6.45, 7) is 3.96. The molecule has 5 aromatic rings. The number of rotatable bonds is 7. The lowest BCUT2D eigenvalue weighted by Gasteiger charge is -2.29. The smallest absolute Gasteiger partial charge is 0.328 e. The van der Waals surface area contributed by atoms with Gasteiger partial charge in [-0.2, -0.15) is 0 Å². The lowest BCUT2D eigenvalue weighted by Crippen LogP contribution is -2.34. The second-order valence-corrected chi connectivity index (χ2v) is 11.5. The van der Waals surface area contributed by atoms with Crippen molar-refractivity contribution in [2.45, 2.75) is 25.3 Å². The zero-order valence-corrected chi connectivity index (χ0v) is 22.9. The zero-order chi connectivity index (χ0) is 27.2. The van der Waals surface area contributed by atoms with Gasteiger partial charge in [0.25, 0.3) is 5.56 Å². The minimum Gasteiger partial charge on any atom is -0.496 e. The van der Waals surface area contributed by atoms with E-state index in [4.69, 9.17) is 14.5 Å². The first-order valence-electron chi connectivity index (χ1n) is 13.6. The molecule has 1 N–H and O–H groups in total. The molecule has 2 aliphatic rings. The minimum atomic E-state index is -0.390. The Hall–Kier alpha value is -4.02. The number of aromatic amines is 1. The maximum Gasteiger partial charge on any atom is 0.328 e. The Labute approximate surface area is 234 Å². The quantitative estimate of drug-likeness (QED) is 0.300. The molecule has 0 spiro atoms. The number of methoxy groups -OCH3 is 1. The first kappa shape index (κ1) is 25.0. The average Bonchev–Trinajstić information content (AvgIpc) is 3.58. The van der Waals surface area contributed by atoms with Crippen molar-refractivity contribution in [3.63, 3.8) is 0 Å². The summed E-state index contributed by atoms with van der Waals surface area (Å²) < 4.78 is 14.4. The number of likely N-dealkylation sites (tertiary alicyclic amines) is 1. The summed E-state index contributed by atoms with van der Waals surface area (Å²) in [6.07, 6.45) is 5.10. The van der Waals surface area contributed by atoms with Gasteiger partial charge in [0.1, 0.15) is 21.7 Å². The first-order valence-corrected chi connectivity index (χ1v) is 14.4. The highest BCUT2D eigenvalue weighted by molar-refractivity contribution is 7.25. The van der Waals surface area contributed by atoms with Crippen LogP contribution < -0.4 is 20.7 Å². The second-order valence-electron chi connectivity index (χ2n) is 10.5. The molecule has 9 nitrogen and oxygen atoms in total. The zero-order valence-electron chi connectivity index (χ0n) is 22.1. The van der Waals surface area contributed by atoms with Crippen molar-refractivity contribution < 1.29 is 9.47 Å². The Balaban J connectivity index is 1.05. The maximum atomic E-state index is 13.4. The fourth-order valence-corrected chi connectivity index (χ4v) is 7.19. The van der Waals surface area contributed by atoms with Crippen molar-refractivity contribution in [3.8, 4) is 22.8 Å². The summed E-state index contributed by atoms with van der Waals surface area (Å²) in [6, 6.07) is 13.7. The van der Waals surface area contributed by atoms with E-state index in [2.05, 4.69) is 14.9 Å². The molecule has 0 radical (unpaired) electrons. The largest absolute Gasteiger partial charge is 0.496 e. The van der Waals surface area contributed by atoms with E-state index >= 15 is 0 Å². The van der Waals surface area contributed by atoms with Gasteiger partial charge < -0.3 is 19.4 Å². The molecule has 0 saturated carbocycles. The number of hydrogen-bond acceptors (Lipinski definition) is 8. The summed E-state index contributed by atoms with van der Waals surface area (Å²) in [4.78, 5) is 40.7. The van der Waals surface area contributed by atoms with Crippen LogP contribution in [0.1, 0.15) is 24.3 Å². The van der Waals surface area contributed by atoms with E-state index in [1.54, 1.807) is 19.5 Å². The number of unbranched alkanes of at least 4 members (excludes halogenated alkanes) is 1. The molecule has 2 atom stereocenters. The van der Waals surface area contributed by atoms with Crippen LogP contribution in [0.5, 0.6) is 11.5 Å². The Bertz CT molecular complexity index is 1820. The molecule has 10 heteroatoms. The van der Waals surface area contributed by atoms with Gasteiger partial charge in [0.2, 0.25) is 0 Å². The molecule has 0 amide bonds. The number of pyridine rings is 2. The summed E-state index contributed by atoms with van der Waals surface area (Å²) in [7, 11) is 1.71. The van der Waals surface area contributed by atoms with Crippen molar-refractivity contribution in [3.05, 3.63) is 81.3 Å². The molecular weight excluding hydrogens is 526 g/mol. The number of nitrogens with zero attached hydrogens (tertiary/aromatic N) is 4. The molecule has 0 bridgehead atoms. The molecule has 7 rings (SSSR count). The van der Waals surface area contributed by atoms with Gasteiger partial charge in [-0.15, -0.1) is 11.3 Å². The van der Waals surface area contributed by atoms with E-state index in [1.165, 1.54) is 21.5 Å². The predicted molar refractivity (Wildman–Crippen MR) is 156 cm³/mol. The Morgan fingerprint density at radius 2 is 2.00 bits per heavy atom. The number of fused-ring (bicyclic) bond motifs is 6. The molecule has 2 aliphatic heterocycles. The number of benzene rings is 1. The Kier molecular flexibility index (Phi) is 6.36. The van der Waals surface area contributed by atoms with Crippen molar-refractivity contribution in [1.29, 1.82) is 0 Å². The van der Waals surface area contributed by atoms with Crippen molar-refractivity contribution in [1.82, 2.24) is 24.4 Å². The third-order valence-electron chi connectivity index (χ3n) is 8.10. The minimum absolute atomic E-state index is 0.252. The highest BCUT2D eigenvalue weighted by Crippen LogP contribution is 2.46. The standard InChI is InChI=1S/C30H29N5O4S/c1-38-22-7-4-8-23-25(22)20-16-34(15-19(20)17-39-23)12-2-3-13-35-29(36)28-27(33-30(35)37)26-24(40-28)10-9-21(32-26)18-6-5-11-31-14-18/h4-11,14,19-20H,2-3,12-13,15-17H2,1H3,(H,33,37)/t19-,20-/m1/s1. The predicted octanol–water partition coefficient (Wildman–Crippen LogP) is 4.26. The van der Waals surface area contributed by atoms with Crippen LogP contribution in [-0.2, 0) is 6.54 Å². The van der Waals surface area contributed by atoms with Gasteiger partial charge in [-0.25, -0.2) is 9.78 Å². The summed E-state index contributed by atoms with van der Waals surface area (Å²) in [5, 5.41) is 0. The van der Waals surface area contributed by atoms with Crippen molar-refractivity contribution in [2.75, 3.05) is 33.4 Å². The lowest BCUT2D eigenvalue weighted by molar-refractivity contribution is 0.209. The van der Waals surface area contributed by atoms with E-state index < -0.39 is 0 Å². The number of H-pyrrole nitrogens is 1. The van der Waals surface area contributed by atoms with Crippen LogP contribution in [0.25, 0.3) is 31.7 Å². The molecule has 6 heterocycles. The third kappa shape index (κ3) is 4.28. The summed E-state index contributed by atoms with van der Waals surface area (Å²) >= 11 is 1.37. The van der Waals surface area contributed by atoms with Crippen LogP contribution in [0.15, 0.2) is 64.4 Å². The fraction of sp³-hybridized carbons (Fsp3) is 0.333. The topological polar surface area (TPSA) is 102 Å². The van der Waals surface area contributed by atoms with Gasteiger partial charge >= 0.3 is 5.69 Å². The van der Waals surface area contributed by atoms with Gasteiger partial charge in [0.15, 0.2) is 0 Å². The molecular formula is C30H29N5O4S. The molecule has 0 aliphatic carbocycles. The van der Waals surface area contributed by atoms with Gasteiger partial charge in [0, 0.05) is 55.0 Å². The SMILES string of the molecule is COc1cccc2c1[C@@H]1CN(CCCCn3c(=O)[nH]c4c(sc5ccc(-c6cccnc6)nc54)c3=O)C[C@@H]1CO2.